The number of aryl methyl sites for hydroxylation is 1. The van der Waals surface area contributed by atoms with Crippen LogP contribution in [0.2, 0.25) is 0 Å². The summed E-state index contributed by atoms with van der Waals surface area (Å²) in [5.41, 5.74) is 4.57. The molecule has 202 valence electrons. The minimum Gasteiger partial charge on any atom is -0.378 e. The topological polar surface area (TPSA) is 90.8 Å². The highest BCUT2D eigenvalue weighted by Crippen LogP contribution is 2.35. The van der Waals surface area contributed by atoms with Crippen LogP contribution in [0.25, 0.3) is 0 Å². The van der Waals surface area contributed by atoms with Gasteiger partial charge in [-0.2, -0.15) is 23.3 Å². The molecule has 4 rings (SSSR count). The van der Waals surface area contributed by atoms with Crippen LogP contribution in [0.15, 0.2) is 41.8 Å². The van der Waals surface area contributed by atoms with Gasteiger partial charge in [-0.05, 0) is 36.2 Å². The lowest BCUT2D eigenvalue weighted by atomic mass is 10.1. The first-order valence-electron chi connectivity index (χ1n) is 11.9. The Balaban J connectivity index is 1.49. The molecule has 1 aliphatic rings. The van der Waals surface area contributed by atoms with Gasteiger partial charge in [0.1, 0.15) is 0 Å². The predicted molar refractivity (Wildman–Crippen MR) is 139 cm³/mol. The number of benzene rings is 1. The molecule has 0 radical (unpaired) electrons. The van der Waals surface area contributed by atoms with Gasteiger partial charge in [-0.3, -0.25) is 4.98 Å². The summed E-state index contributed by atoms with van der Waals surface area (Å²) in [5.74, 6) is -0.226. The molecule has 1 aliphatic heterocycles. The molecule has 0 amide bonds. The molecule has 0 spiro atoms. The smallest absolute Gasteiger partial charge is 0.378 e. The van der Waals surface area contributed by atoms with Gasteiger partial charge in [0.2, 0.25) is 5.95 Å². The van der Waals surface area contributed by atoms with Gasteiger partial charge >= 0.3 is 6.18 Å². The molecule has 0 unspecified atom stereocenters. The van der Waals surface area contributed by atoms with Crippen molar-refractivity contribution in [1.82, 2.24) is 15.0 Å². The van der Waals surface area contributed by atoms with E-state index in [-0.39, 0.29) is 11.8 Å². The van der Waals surface area contributed by atoms with Crippen molar-refractivity contribution in [2.24, 2.45) is 5.10 Å². The summed E-state index contributed by atoms with van der Waals surface area (Å²) >= 11 is 0. The summed E-state index contributed by atoms with van der Waals surface area (Å²) in [5, 5.41) is 7.16. The van der Waals surface area contributed by atoms with Gasteiger partial charge < -0.3 is 19.9 Å². The highest BCUT2D eigenvalue weighted by atomic mass is 19.4. The van der Waals surface area contributed by atoms with Crippen LogP contribution in [0.4, 0.5) is 46.4 Å². The Labute approximate surface area is 217 Å². The predicted octanol–water partition coefficient (Wildman–Crippen LogP) is 4.68. The van der Waals surface area contributed by atoms with Crippen LogP contribution in [-0.4, -0.2) is 61.6 Å². The number of anilines is 5. The highest BCUT2D eigenvalue weighted by molar-refractivity contribution is 5.80. The largest absolute Gasteiger partial charge is 0.416 e. The van der Waals surface area contributed by atoms with E-state index in [2.05, 4.69) is 30.8 Å². The number of halogens is 4. The standard InChI is InChI=1S/C25H28F4N8O/c1-4-16-9-19(33-18-10-17(25(27,28)29)11-20(12-18)36(2)3)13-30-22(16)15-32-35-24-31-14-21(26)23(34-24)37-5-7-38-8-6-37/h9-15,33H,4-8H2,1-3H3,(H,31,34,35)/b32-15+. The van der Waals surface area contributed by atoms with Crippen LogP contribution in [0.3, 0.4) is 0 Å². The van der Waals surface area contributed by atoms with Crippen LogP contribution in [0.1, 0.15) is 23.7 Å². The van der Waals surface area contributed by atoms with Crippen molar-refractivity contribution in [1.29, 1.82) is 0 Å². The Hall–Kier alpha value is -4.00. The van der Waals surface area contributed by atoms with Crippen molar-refractivity contribution in [2.45, 2.75) is 19.5 Å². The molecule has 0 atom stereocenters. The van der Waals surface area contributed by atoms with E-state index in [1.807, 2.05) is 6.92 Å². The third-order valence-corrected chi connectivity index (χ3v) is 5.82. The zero-order valence-corrected chi connectivity index (χ0v) is 21.2. The third-order valence-electron chi connectivity index (χ3n) is 5.82. The van der Waals surface area contributed by atoms with E-state index in [0.29, 0.717) is 55.5 Å². The lowest BCUT2D eigenvalue weighted by Gasteiger charge is -2.27. The number of alkyl halides is 3. The minimum absolute atomic E-state index is 0.127. The van der Waals surface area contributed by atoms with E-state index in [9.17, 15) is 17.6 Å². The lowest BCUT2D eigenvalue weighted by molar-refractivity contribution is -0.137. The maximum absolute atomic E-state index is 14.2. The lowest BCUT2D eigenvalue weighted by Crippen LogP contribution is -2.37. The average molecular weight is 533 g/mol. The van der Waals surface area contributed by atoms with Crippen molar-refractivity contribution in [3.63, 3.8) is 0 Å². The second-order valence-electron chi connectivity index (χ2n) is 8.74. The Kier molecular flexibility index (Phi) is 8.25. The molecule has 9 nitrogen and oxygen atoms in total. The summed E-state index contributed by atoms with van der Waals surface area (Å²) < 4.78 is 59.7. The summed E-state index contributed by atoms with van der Waals surface area (Å²) in [4.78, 5) is 15.9. The Morgan fingerprint density at radius 3 is 2.53 bits per heavy atom. The third kappa shape index (κ3) is 6.65. The molecule has 3 heterocycles. The zero-order valence-electron chi connectivity index (χ0n) is 21.2. The molecule has 1 saturated heterocycles. The summed E-state index contributed by atoms with van der Waals surface area (Å²) in [6.07, 6.45) is 0.212. The van der Waals surface area contributed by atoms with Crippen LogP contribution < -0.4 is 20.5 Å². The highest BCUT2D eigenvalue weighted by Gasteiger charge is 2.31. The van der Waals surface area contributed by atoms with E-state index in [1.54, 1.807) is 36.0 Å². The summed E-state index contributed by atoms with van der Waals surface area (Å²) in [7, 11) is 3.36. The van der Waals surface area contributed by atoms with Crippen molar-refractivity contribution in [3.8, 4) is 0 Å². The van der Waals surface area contributed by atoms with Gasteiger partial charge in [-0.25, -0.2) is 14.8 Å². The monoisotopic (exact) mass is 532 g/mol. The van der Waals surface area contributed by atoms with E-state index < -0.39 is 17.6 Å². The number of aromatic nitrogens is 3. The minimum atomic E-state index is -4.47. The van der Waals surface area contributed by atoms with Crippen molar-refractivity contribution >= 4 is 35.0 Å². The first-order chi connectivity index (χ1) is 18.1. The molecular weight excluding hydrogens is 504 g/mol. The van der Waals surface area contributed by atoms with Crippen LogP contribution in [-0.2, 0) is 17.3 Å². The number of nitrogens with zero attached hydrogens (tertiary/aromatic N) is 6. The molecule has 2 aromatic heterocycles. The van der Waals surface area contributed by atoms with E-state index in [0.717, 1.165) is 23.9 Å². The molecule has 1 aromatic carbocycles. The molecule has 0 bridgehead atoms. The van der Waals surface area contributed by atoms with Gasteiger partial charge in [0.15, 0.2) is 11.6 Å². The van der Waals surface area contributed by atoms with Gasteiger partial charge in [-0.1, -0.05) is 6.92 Å². The fraction of sp³-hybridized carbons (Fsp3) is 0.360. The summed E-state index contributed by atoms with van der Waals surface area (Å²) in [6, 6.07) is 5.59. The second kappa shape index (κ2) is 11.6. The van der Waals surface area contributed by atoms with Crippen LogP contribution in [0, 0.1) is 5.82 Å². The average Bonchev–Trinajstić information content (AvgIpc) is 2.90. The maximum atomic E-state index is 14.2. The number of rotatable bonds is 8. The zero-order chi connectivity index (χ0) is 27.3. The first-order valence-corrected chi connectivity index (χ1v) is 11.9. The fourth-order valence-corrected chi connectivity index (χ4v) is 3.82. The number of ether oxygens (including phenoxy) is 1. The second-order valence-corrected chi connectivity index (χ2v) is 8.74. The fourth-order valence-electron chi connectivity index (χ4n) is 3.82. The molecule has 3 aromatic rings. The molecule has 13 heteroatoms. The number of morpholine rings is 1. The SMILES string of the molecule is CCc1cc(Nc2cc(N(C)C)cc(C(F)(F)F)c2)cnc1/C=N/Nc1ncc(F)c(N2CCOCC2)n1. The number of pyridine rings is 1. The number of hydrazone groups is 1. The molecule has 2 N–H and O–H groups in total. The molecule has 38 heavy (non-hydrogen) atoms. The maximum Gasteiger partial charge on any atom is 0.416 e. The molecule has 1 fully saturated rings. The van der Waals surface area contributed by atoms with Gasteiger partial charge in [0, 0.05) is 38.6 Å². The Morgan fingerprint density at radius 2 is 1.84 bits per heavy atom. The Morgan fingerprint density at radius 1 is 1.08 bits per heavy atom. The van der Waals surface area contributed by atoms with Gasteiger partial charge in [0.05, 0.1) is 48.8 Å². The van der Waals surface area contributed by atoms with E-state index >= 15 is 0 Å². The quantitative estimate of drug-likeness (QED) is 0.246. The van der Waals surface area contributed by atoms with E-state index in [4.69, 9.17) is 4.74 Å². The number of hydrogen-bond acceptors (Lipinski definition) is 9. The number of nitrogens with one attached hydrogen (secondary N) is 2. The molecule has 0 aliphatic carbocycles. The molecular formula is C25H28F4N8O. The molecule has 0 saturated carbocycles. The summed E-state index contributed by atoms with van der Waals surface area (Å²) in [6.45, 7) is 3.96. The van der Waals surface area contributed by atoms with Gasteiger partial charge in [0.25, 0.3) is 0 Å². The van der Waals surface area contributed by atoms with Crippen LogP contribution in [0.5, 0.6) is 0 Å². The van der Waals surface area contributed by atoms with Crippen molar-refractivity contribution in [3.05, 3.63) is 59.3 Å². The first kappa shape index (κ1) is 27.0. The van der Waals surface area contributed by atoms with Crippen LogP contribution >= 0.6 is 0 Å². The Bertz CT molecular complexity index is 1290. The number of hydrogen-bond donors (Lipinski definition) is 2. The van der Waals surface area contributed by atoms with E-state index in [1.165, 1.54) is 12.4 Å². The van der Waals surface area contributed by atoms with Crippen molar-refractivity contribution in [2.75, 3.05) is 60.9 Å². The van der Waals surface area contributed by atoms with Gasteiger partial charge in [-0.15, -0.1) is 0 Å². The normalized spacial score (nSPS) is 14.1. The van der Waals surface area contributed by atoms with Crippen molar-refractivity contribution < 1.29 is 22.3 Å².